The van der Waals surface area contributed by atoms with Crippen LogP contribution in [0.2, 0.25) is 0 Å². The summed E-state index contributed by atoms with van der Waals surface area (Å²) in [6, 6.07) is 4.21. The van der Waals surface area contributed by atoms with Crippen molar-refractivity contribution in [3.63, 3.8) is 0 Å². The van der Waals surface area contributed by atoms with Crippen LogP contribution in [-0.4, -0.2) is 137 Å². The van der Waals surface area contributed by atoms with E-state index in [9.17, 15) is 28.4 Å². The van der Waals surface area contributed by atoms with Gasteiger partial charge in [0.05, 0.1) is 28.6 Å². The van der Waals surface area contributed by atoms with Gasteiger partial charge in [-0.15, -0.1) is 6.42 Å². The van der Waals surface area contributed by atoms with Crippen molar-refractivity contribution >= 4 is 57.6 Å². The second-order valence-corrected chi connectivity index (χ2v) is 21.8. The first-order chi connectivity index (χ1) is 39.1. The average Bonchev–Trinajstić information content (AvgIpc) is 4.18. The van der Waals surface area contributed by atoms with Gasteiger partial charge in [0.15, 0.2) is 11.9 Å². The van der Waals surface area contributed by atoms with E-state index in [1.54, 1.807) is 4.90 Å². The predicted molar refractivity (Wildman–Crippen MR) is 294 cm³/mol. The quantitative estimate of drug-likeness (QED) is 0.0136. The molecule has 0 N–H and O–H groups in total. The molecule has 2 aromatic carbocycles. The van der Waals surface area contributed by atoms with E-state index in [1.807, 2.05) is 4.90 Å². The van der Waals surface area contributed by atoms with Crippen LogP contribution in [0.25, 0.3) is 32.9 Å². The molecule has 3 unspecified atom stereocenters. The van der Waals surface area contributed by atoms with Gasteiger partial charge in [0, 0.05) is 69.9 Å². The largest absolute Gasteiger partial charge is 0.514 e. The Balaban J connectivity index is 1.09. The van der Waals surface area contributed by atoms with Crippen molar-refractivity contribution in [1.29, 1.82) is 0 Å². The van der Waals surface area contributed by atoms with Crippen LogP contribution in [0.3, 0.4) is 0 Å². The summed E-state index contributed by atoms with van der Waals surface area (Å²) >= 11 is 0. The van der Waals surface area contributed by atoms with E-state index < -0.39 is 79.1 Å². The summed E-state index contributed by atoms with van der Waals surface area (Å²) in [5.74, 6) is -0.973. The van der Waals surface area contributed by atoms with Crippen LogP contribution in [0.4, 0.5) is 28.6 Å². The number of amides is 1. The summed E-state index contributed by atoms with van der Waals surface area (Å²) in [6.07, 6.45) is 16.7. The lowest BCUT2D eigenvalue weighted by atomic mass is 9.95. The molecule has 6 heterocycles. The molecule has 4 fully saturated rings. The zero-order valence-electron chi connectivity index (χ0n) is 47.0. The number of benzene rings is 2. The Morgan fingerprint density at radius 1 is 0.840 bits per heavy atom. The van der Waals surface area contributed by atoms with E-state index in [1.165, 1.54) is 38.2 Å². The number of piperazine rings is 1. The first-order valence-electron chi connectivity index (χ1n) is 28.8. The third kappa shape index (κ3) is 15.1. The summed E-state index contributed by atoms with van der Waals surface area (Å²) in [4.78, 5) is 84.1. The molecule has 0 radical (unpaired) electrons. The number of aromatic nitrogens is 3. The van der Waals surface area contributed by atoms with E-state index in [0.717, 1.165) is 76.7 Å². The zero-order valence-corrected chi connectivity index (χ0v) is 47.0. The smallest absolute Gasteiger partial charge is 0.462 e. The van der Waals surface area contributed by atoms with Gasteiger partial charge in [0.25, 0.3) is 0 Å². The topological polar surface area (TPSA) is 198 Å². The Hall–Kier alpha value is -6.95. The molecule has 0 saturated carbocycles. The lowest BCUT2D eigenvalue weighted by Gasteiger charge is -2.41. The number of alkyl halides is 1. The number of pyridine rings is 1. The number of nitrogens with zero attached hydrogens (tertiary/aromatic N) is 6. The van der Waals surface area contributed by atoms with Crippen molar-refractivity contribution in [1.82, 2.24) is 24.8 Å². The van der Waals surface area contributed by atoms with Crippen LogP contribution < -0.4 is 14.4 Å². The number of terminal acetylenes is 1. The van der Waals surface area contributed by atoms with Crippen molar-refractivity contribution in [2.45, 2.75) is 186 Å². The van der Waals surface area contributed by atoms with Gasteiger partial charge in [-0.1, -0.05) is 90.0 Å². The Bertz CT molecular complexity index is 2900. The third-order valence-electron chi connectivity index (χ3n) is 15.7. The molecule has 4 aromatic rings. The van der Waals surface area contributed by atoms with Crippen LogP contribution in [-0.2, 0) is 38.1 Å². The minimum absolute atomic E-state index is 0.0261. The molecule has 438 valence electrons. The summed E-state index contributed by atoms with van der Waals surface area (Å²) in [6.45, 7) is 7.52. The lowest BCUT2D eigenvalue weighted by molar-refractivity contribution is -0.163. The molecule has 4 aliphatic rings. The number of anilines is 1. The molecule has 18 nitrogen and oxygen atoms in total. The Morgan fingerprint density at radius 3 is 2.14 bits per heavy atom. The van der Waals surface area contributed by atoms with Gasteiger partial charge in [-0.05, 0) is 68.7 Å². The van der Waals surface area contributed by atoms with Gasteiger partial charge in [-0.25, -0.2) is 22.8 Å². The Morgan fingerprint density at radius 2 is 1.49 bits per heavy atom. The summed E-state index contributed by atoms with van der Waals surface area (Å²) < 4.78 is 87.8. The minimum Gasteiger partial charge on any atom is -0.462 e. The molecule has 4 saturated heterocycles. The van der Waals surface area contributed by atoms with E-state index in [2.05, 4.69) is 34.6 Å². The normalized spacial score (nSPS) is 19.8. The fraction of sp³-hybridized carbons (Fsp3) is 0.600. The van der Waals surface area contributed by atoms with Crippen LogP contribution in [0.5, 0.6) is 11.8 Å². The third-order valence-corrected chi connectivity index (χ3v) is 15.7. The van der Waals surface area contributed by atoms with Crippen molar-refractivity contribution in [2.75, 3.05) is 50.9 Å². The number of hydrogen-bond acceptors (Lipinski definition) is 17. The van der Waals surface area contributed by atoms with Gasteiger partial charge in [-0.2, -0.15) is 9.97 Å². The van der Waals surface area contributed by atoms with Gasteiger partial charge in [-0.3, -0.25) is 29.2 Å². The number of fused-ring (bicyclic) bond motifs is 5. The van der Waals surface area contributed by atoms with Gasteiger partial charge < -0.3 is 38.1 Å². The van der Waals surface area contributed by atoms with Crippen LogP contribution in [0.15, 0.2) is 30.5 Å². The molecule has 81 heavy (non-hydrogen) atoms. The molecular formula is C60H75F3N6O12. The summed E-state index contributed by atoms with van der Waals surface area (Å²) in [5, 5.41) is 0.467. The van der Waals surface area contributed by atoms with Crippen LogP contribution in [0.1, 0.15) is 155 Å². The molecule has 0 spiro atoms. The maximum Gasteiger partial charge on any atom is 0.514 e. The number of carbonyl (C=O) groups excluding carboxylic acids is 5. The second kappa shape index (κ2) is 28.2. The summed E-state index contributed by atoms with van der Waals surface area (Å²) in [7, 11) is 0. The molecule has 4 aliphatic heterocycles. The fourth-order valence-electron chi connectivity index (χ4n) is 11.8. The lowest BCUT2D eigenvalue weighted by Crippen LogP contribution is -2.56. The van der Waals surface area contributed by atoms with Crippen LogP contribution in [0, 0.1) is 24.0 Å². The zero-order chi connectivity index (χ0) is 57.6. The highest BCUT2D eigenvalue weighted by atomic mass is 19.1. The number of carbonyl (C=O) groups is 5. The predicted octanol–water partition coefficient (Wildman–Crippen LogP) is 11.2. The van der Waals surface area contributed by atoms with Crippen molar-refractivity contribution in [3.05, 3.63) is 47.7 Å². The number of rotatable bonds is 27. The minimum atomic E-state index is -1.28. The molecule has 8 rings (SSSR count). The molecule has 21 heteroatoms. The van der Waals surface area contributed by atoms with E-state index >= 15 is 8.78 Å². The molecule has 2 bridgehead atoms. The molecule has 0 aliphatic carbocycles. The van der Waals surface area contributed by atoms with Crippen molar-refractivity contribution in [2.24, 2.45) is 0 Å². The first kappa shape index (κ1) is 60.2. The maximum absolute atomic E-state index is 17.9. The van der Waals surface area contributed by atoms with Gasteiger partial charge in [0.2, 0.25) is 6.29 Å². The van der Waals surface area contributed by atoms with Gasteiger partial charge >= 0.3 is 36.2 Å². The van der Waals surface area contributed by atoms with E-state index in [4.69, 9.17) is 44.6 Å². The number of esters is 3. The number of unbranched alkanes of at least 4 members (excludes halogenated alkanes) is 10. The van der Waals surface area contributed by atoms with E-state index in [-0.39, 0.29) is 114 Å². The monoisotopic (exact) mass is 1130 g/mol. The van der Waals surface area contributed by atoms with Gasteiger partial charge in [0.1, 0.15) is 54.6 Å². The Labute approximate surface area is 471 Å². The first-order valence-corrected chi connectivity index (χ1v) is 28.8. The van der Waals surface area contributed by atoms with E-state index in [0.29, 0.717) is 38.6 Å². The molecule has 1 amide bonds. The van der Waals surface area contributed by atoms with Crippen molar-refractivity contribution < 1.29 is 70.3 Å². The number of halogens is 3. The maximum atomic E-state index is 17.9. The highest BCUT2D eigenvalue weighted by molar-refractivity contribution is 6.03. The standard InChI is InChI=1S/C60H75F3N6O12/c1-6-9-11-13-15-17-20-50(71)75-35-45(36-76-51(72)21-18-16-14-12-10-7-2)81-59(74)80-44-28-40-22-25-49(62)46(8-3)52(40)47(29-44)54-53(63)55-48(31-64-54)56(66-57(65-55)77-37-60-26-19-27-68(60)32-41(61)30-60)67-33-42-23-24-43(34-67)69(42)58(73)79-39(5)78-38(4)70/h3,22,25,28-29,31,39,41-43,45H,6-7,9-21,23-24,26-27,30,32-37H2,1-2,4-5H3/t39?,41-,42?,43?,60+/m1/s1. The highest BCUT2D eigenvalue weighted by Gasteiger charge is 2.50. The fourth-order valence-corrected chi connectivity index (χ4v) is 11.8. The second-order valence-electron chi connectivity index (χ2n) is 21.8. The molecule has 5 atom stereocenters. The number of hydrogen-bond donors (Lipinski definition) is 0. The Kier molecular flexibility index (Phi) is 20.9. The highest BCUT2D eigenvalue weighted by Crippen LogP contribution is 2.43. The summed E-state index contributed by atoms with van der Waals surface area (Å²) in [5.41, 5.74) is -1.52. The SMILES string of the molecule is C#Cc1c(F)ccc2cc(OC(=O)OC(COC(=O)CCCCCCCC)COC(=O)CCCCCCCC)cc(-c3ncc4c(N5CC6CCC(C5)N6C(=O)OC(C)OC(C)=O)nc(OC[C@@]56CCCN5C[C@H](F)C6)nc4c3F)c12. The van der Waals surface area contributed by atoms with Crippen LogP contribution >= 0.6 is 0 Å². The molecule has 2 aromatic heterocycles. The van der Waals surface area contributed by atoms with Crippen molar-refractivity contribution in [3.8, 4) is 35.4 Å². The average molecular weight is 1130 g/mol. The number of ether oxygens (including phenoxy) is 7. The molecular weight excluding hydrogens is 1050 g/mol.